The summed E-state index contributed by atoms with van der Waals surface area (Å²) in [6.45, 7) is 0. The highest BCUT2D eigenvalue weighted by Gasteiger charge is 2.06. The first-order chi connectivity index (χ1) is 6.15. The van der Waals surface area contributed by atoms with Crippen molar-refractivity contribution in [1.82, 2.24) is 0 Å². The maximum Gasteiger partial charge on any atom is 0.250 e. The van der Waals surface area contributed by atoms with Gasteiger partial charge in [0.2, 0.25) is 12.0 Å². The normalized spacial score (nSPS) is 9.00. The summed E-state index contributed by atoms with van der Waals surface area (Å²) in [5, 5.41) is 0.170. The Morgan fingerprint density at radius 1 is 1.54 bits per heavy atom. The Morgan fingerprint density at radius 2 is 2.23 bits per heavy atom. The van der Waals surface area contributed by atoms with E-state index in [1.165, 1.54) is 24.3 Å². The van der Waals surface area contributed by atoms with Gasteiger partial charge >= 0.3 is 0 Å². The molecule has 0 aliphatic heterocycles. The topological polar surface area (TPSA) is 72.5 Å². The quantitative estimate of drug-likeness (QED) is 0.574. The number of halogens is 1. The minimum Gasteiger partial charge on any atom is -0.366 e. The van der Waals surface area contributed by atoms with Gasteiger partial charge in [-0.15, -0.1) is 0 Å². The van der Waals surface area contributed by atoms with Crippen LogP contribution < -0.4 is 5.73 Å². The summed E-state index contributed by atoms with van der Waals surface area (Å²) in [7, 11) is 0. The summed E-state index contributed by atoms with van der Waals surface area (Å²) in [4.78, 5) is 23.9. The Labute approximate surface area is 79.0 Å². The molecule has 0 saturated heterocycles. The smallest absolute Gasteiger partial charge is 0.250 e. The summed E-state index contributed by atoms with van der Waals surface area (Å²) in [6, 6.07) is 4.23. The zero-order chi connectivity index (χ0) is 9.84. The molecule has 5 heteroatoms. The minimum absolute atomic E-state index is 0.170. The number of carbonyl (C=O) groups is 1. The van der Waals surface area contributed by atoms with Gasteiger partial charge in [0.25, 0.3) is 0 Å². The molecule has 66 valence electrons. The number of benzene rings is 1. The number of isocyanates is 1. The third-order valence-electron chi connectivity index (χ3n) is 1.39. The molecule has 0 spiro atoms. The fourth-order valence-electron chi connectivity index (χ4n) is 0.826. The molecular weight excluding hydrogens is 192 g/mol. The number of carbonyl (C=O) groups excluding carboxylic acids is 2. The number of hydrogen-bond acceptors (Lipinski definition) is 3. The predicted octanol–water partition coefficient (Wildman–Crippen LogP) is 1.41. The summed E-state index contributed by atoms with van der Waals surface area (Å²) in [5.74, 6) is -0.619. The van der Waals surface area contributed by atoms with Crippen molar-refractivity contribution in [3.8, 4) is 0 Å². The summed E-state index contributed by atoms with van der Waals surface area (Å²) >= 11 is 5.67. The Morgan fingerprint density at radius 3 is 2.69 bits per heavy atom. The lowest BCUT2D eigenvalue weighted by molar-refractivity contribution is 0.100. The average Bonchev–Trinajstić information content (AvgIpc) is 2.04. The molecule has 0 saturated carbocycles. The monoisotopic (exact) mass is 196 g/mol. The lowest BCUT2D eigenvalue weighted by atomic mass is 10.2. The van der Waals surface area contributed by atoms with Gasteiger partial charge in [-0.25, -0.2) is 4.79 Å². The molecule has 0 aliphatic rings. The number of amides is 1. The lowest BCUT2D eigenvalue weighted by Crippen LogP contribution is -2.11. The standard InChI is InChI=1S/C8H5ClN2O2/c9-7-3-5(11-4-12)1-2-6(7)8(10)13/h1-3H,(H2,10,13). The van der Waals surface area contributed by atoms with Crippen LogP contribution in [-0.4, -0.2) is 12.0 Å². The van der Waals surface area contributed by atoms with E-state index in [9.17, 15) is 9.59 Å². The lowest BCUT2D eigenvalue weighted by Gasteiger charge is -1.98. The Balaban J connectivity index is 3.19. The Kier molecular flexibility index (Phi) is 2.80. The molecule has 0 radical (unpaired) electrons. The van der Waals surface area contributed by atoms with Gasteiger partial charge in [-0.3, -0.25) is 4.79 Å². The van der Waals surface area contributed by atoms with Crippen LogP contribution in [0.4, 0.5) is 5.69 Å². The minimum atomic E-state index is -0.619. The van der Waals surface area contributed by atoms with Crippen molar-refractivity contribution in [2.75, 3.05) is 0 Å². The van der Waals surface area contributed by atoms with E-state index in [1.54, 1.807) is 0 Å². The van der Waals surface area contributed by atoms with Gasteiger partial charge in [-0.1, -0.05) is 11.6 Å². The molecule has 0 heterocycles. The number of rotatable bonds is 2. The van der Waals surface area contributed by atoms with Gasteiger partial charge < -0.3 is 5.73 Å². The Hall–Kier alpha value is -1.64. The van der Waals surface area contributed by atoms with Crippen LogP contribution in [0, 0.1) is 0 Å². The number of nitrogens with zero attached hydrogens (tertiary/aromatic N) is 1. The third-order valence-corrected chi connectivity index (χ3v) is 1.71. The number of primary amides is 1. The summed E-state index contributed by atoms with van der Waals surface area (Å²) in [5.41, 5.74) is 5.55. The zero-order valence-corrected chi connectivity index (χ0v) is 7.21. The zero-order valence-electron chi connectivity index (χ0n) is 6.45. The Bertz CT molecular complexity index is 397. The van der Waals surface area contributed by atoms with Gasteiger partial charge in [0.15, 0.2) is 0 Å². The van der Waals surface area contributed by atoms with Crippen molar-refractivity contribution in [3.05, 3.63) is 28.8 Å². The molecular formula is C8H5ClN2O2. The van der Waals surface area contributed by atoms with Gasteiger partial charge in [-0.05, 0) is 18.2 Å². The second-order valence-electron chi connectivity index (χ2n) is 2.23. The SMILES string of the molecule is NC(=O)c1ccc(N=C=O)cc1Cl. The molecule has 1 aromatic carbocycles. The fourth-order valence-corrected chi connectivity index (χ4v) is 1.09. The van der Waals surface area contributed by atoms with Gasteiger partial charge in [-0.2, -0.15) is 4.99 Å². The van der Waals surface area contributed by atoms with Crippen molar-refractivity contribution >= 4 is 29.3 Å². The van der Waals surface area contributed by atoms with Crippen LogP contribution in [0.2, 0.25) is 5.02 Å². The summed E-state index contributed by atoms with van der Waals surface area (Å²) < 4.78 is 0. The maximum atomic E-state index is 10.7. The van der Waals surface area contributed by atoms with E-state index in [1.807, 2.05) is 0 Å². The molecule has 0 unspecified atom stereocenters. The predicted molar refractivity (Wildman–Crippen MR) is 47.8 cm³/mol. The van der Waals surface area contributed by atoms with Crippen molar-refractivity contribution < 1.29 is 9.59 Å². The number of nitrogens with two attached hydrogens (primary N) is 1. The van der Waals surface area contributed by atoms with E-state index in [-0.39, 0.29) is 10.6 Å². The molecule has 4 nitrogen and oxygen atoms in total. The van der Waals surface area contributed by atoms with Crippen molar-refractivity contribution in [2.24, 2.45) is 10.7 Å². The highest BCUT2D eigenvalue weighted by atomic mass is 35.5. The molecule has 13 heavy (non-hydrogen) atoms. The molecule has 0 aromatic heterocycles. The van der Waals surface area contributed by atoms with E-state index in [0.29, 0.717) is 5.69 Å². The molecule has 0 aliphatic carbocycles. The molecule has 0 atom stereocenters. The second kappa shape index (κ2) is 3.85. The van der Waals surface area contributed by atoms with Crippen molar-refractivity contribution in [1.29, 1.82) is 0 Å². The molecule has 1 amide bonds. The molecule has 0 bridgehead atoms. The first-order valence-electron chi connectivity index (χ1n) is 3.32. The van der Waals surface area contributed by atoms with Crippen LogP contribution >= 0.6 is 11.6 Å². The van der Waals surface area contributed by atoms with Crippen molar-refractivity contribution in [2.45, 2.75) is 0 Å². The first kappa shape index (κ1) is 9.45. The van der Waals surface area contributed by atoms with E-state index >= 15 is 0 Å². The van der Waals surface area contributed by atoms with Crippen LogP contribution in [0.15, 0.2) is 23.2 Å². The molecule has 2 N–H and O–H groups in total. The number of aliphatic imine (C=N–C) groups is 1. The second-order valence-corrected chi connectivity index (χ2v) is 2.64. The largest absolute Gasteiger partial charge is 0.366 e. The van der Waals surface area contributed by atoms with Crippen LogP contribution in [0.1, 0.15) is 10.4 Å². The van der Waals surface area contributed by atoms with E-state index in [2.05, 4.69) is 4.99 Å². The third kappa shape index (κ3) is 2.15. The molecule has 1 aromatic rings. The van der Waals surface area contributed by atoms with Crippen LogP contribution in [0.3, 0.4) is 0 Å². The van der Waals surface area contributed by atoms with Gasteiger partial charge in [0.05, 0.1) is 16.3 Å². The highest BCUT2D eigenvalue weighted by Crippen LogP contribution is 2.21. The summed E-state index contributed by atoms with van der Waals surface area (Å²) in [6.07, 6.45) is 1.36. The van der Waals surface area contributed by atoms with E-state index in [4.69, 9.17) is 17.3 Å². The van der Waals surface area contributed by atoms with Gasteiger partial charge in [0.1, 0.15) is 0 Å². The van der Waals surface area contributed by atoms with E-state index in [0.717, 1.165) is 0 Å². The average molecular weight is 197 g/mol. The van der Waals surface area contributed by atoms with Crippen LogP contribution in [-0.2, 0) is 4.79 Å². The molecule has 0 fully saturated rings. The van der Waals surface area contributed by atoms with Crippen LogP contribution in [0.5, 0.6) is 0 Å². The first-order valence-corrected chi connectivity index (χ1v) is 3.70. The highest BCUT2D eigenvalue weighted by molar-refractivity contribution is 6.34. The fraction of sp³-hybridized carbons (Fsp3) is 0. The number of hydrogen-bond donors (Lipinski definition) is 1. The molecule has 1 rings (SSSR count). The van der Waals surface area contributed by atoms with Crippen LogP contribution in [0.25, 0.3) is 0 Å². The maximum absolute atomic E-state index is 10.7. The van der Waals surface area contributed by atoms with Gasteiger partial charge in [0, 0.05) is 0 Å². The van der Waals surface area contributed by atoms with Crippen molar-refractivity contribution in [3.63, 3.8) is 0 Å². The van der Waals surface area contributed by atoms with E-state index < -0.39 is 5.91 Å².